The van der Waals surface area contributed by atoms with Gasteiger partial charge in [0.15, 0.2) is 0 Å². The molecule has 0 heterocycles. The highest BCUT2D eigenvalue weighted by Gasteiger charge is 2.20. The highest BCUT2D eigenvalue weighted by molar-refractivity contribution is 5.50. The molecule has 1 N–H and O–H groups in total. The van der Waals surface area contributed by atoms with Crippen LogP contribution in [-0.2, 0) is 12.8 Å². The zero-order valence-electron chi connectivity index (χ0n) is 9.42. The Labute approximate surface area is 90.9 Å². The van der Waals surface area contributed by atoms with E-state index in [1.807, 2.05) is 6.92 Å². The number of hydrogen-bond donors (Lipinski definition) is 1. The van der Waals surface area contributed by atoms with Crippen molar-refractivity contribution in [2.75, 3.05) is 13.7 Å². The molecule has 2 nitrogen and oxygen atoms in total. The number of aliphatic hydroxyl groups excluding tert-OH is 1. The van der Waals surface area contributed by atoms with E-state index >= 15 is 0 Å². The summed E-state index contributed by atoms with van der Waals surface area (Å²) in [5.41, 5.74) is 3.91. The molecule has 0 amide bonds. The fourth-order valence-electron chi connectivity index (χ4n) is 2.38. The summed E-state index contributed by atoms with van der Waals surface area (Å²) in [4.78, 5) is 0. The maximum absolute atomic E-state index is 9.20. The highest BCUT2D eigenvalue weighted by atomic mass is 16.5. The third-order valence-electron chi connectivity index (χ3n) is 3.27. The van der Waals surface area contributed by atoms with E-state index in [2.05, 4.69) is 12.1 Å². The Bertz CT molecular complexity index is 358. The molecular formula is C13H18O2. The van der Waals surface area contributed by atoms with E-state index in [4.69, 9.17) is 4.74 Å². The lowest BCUT2D eigenvalue weighted by molar-refractivity contribution is 0.269. The van der Waals surface area contributed by atoms with Gasteiger partial charge in [0.05, 0.1) is 7.11 Å². The van der Waals surface area contributed by atoms with E-state index in [1.54, 1.807) is 7.11 Å². The maximum Gasteiger partial charge on any atom is 0.125 e. The molecule has 1 aliphatic carbocycles. The zero-order valence-corrected chi connectivity index (χ0v) is 9.42. The van der Waals surface area contributed by atoms with Crippen molar-refractivity contribution in [3.05, 3.63) is 28.8 Å². The largest absolute Gasteiger partial charge is 0.496 e. The Morgan fingerprint density at radius 1 is 1.40 bits per heavy atom. The number of rotatable bonds is 3. The SMILES string of the molecule is COc1c(C(C)CO)ccc2c1CCC2. The van der Waals surface area contributed by atoms with Crippen molar-refractivity contribution in [2.24, 2.45) is 0 Å². The van der Waals surface area contributed by atoms with Crippen molar-refractivity contribution in [1.29, 1.82) is 0 Å². The maximum atomic E-state index is 9.20. The Hall–Kier alpha value is -1.02. The van der Waals surface area contributed by atoms with Gasteiger partial charge in [0.1, 0.15) is 5.75 Å². The summed E-state index contributed by atoms with van der Waals surface area (Å²) in [7, 11) is 1.72. The summed E-state index contributed by atoms with van der Waals surface area (Å²) in [5.74, 6) is 1.16. The molecule has 2 heteroatoms. The zero-order chi connectivity index (χ0) is 10.8. The number of fused-ring (bicyclic) bond motifs is 1. The second kappa shape index (κ2) is 4.23. The molecular weight excluding hydrogens is 188 g/mol. The first kappa shape index (κ1) is 10.5. The van der Waals surface area contributed by atoms with E-state index in [9.17, 15) is 5.11 Å². The van der Waals surface area contributed by atoms with Crippen molar-refractivity contribution in [3.63, 3.8) is 0 Å². The lowest BCUT2D eigenvalue weighted by Crippen LogP contribution is -2.04. The summed E-state index contributed by atoms with van der Waals surface area (Å²) in [6.07, 6.45) is 3.51. The standard InChI is InChI=1S/C13H18O2/c1-9(8-14)11-7-6-10-4-3-5-12(10)13(11)15-2/h6-7,9,14H,3-5,8H2,1-2H3. The quantitative estimate of drug-likeness (QED) is 0.822. The molecule has 1 aromatic carbocycles. The Morgan fingerprint density at radius 3 is 2.87 bits per heavy atom. The van der Waals surface area contributed by atoms with E-state index in [-0.39, 0.29) is 12.5 Å². The average Bonchev–Trinajstić information content (AvgIpc) is 2.74. The van der Waals surface area contributed by atoms with Crippen LogP contribution in [0.5, 0.6) is 5.75 Å². The van der Waals surface area contributed by atoms with Gasteiger partial charge >= 0.3 is 0 Å². The van der Waals surface area contributed by atoms with E-state index in [0.717, 1.165) is 17.7 Å². The van der Waals surface area contributed by atoms with Gasteiger partial charge in [-0.1, -0.05) is 19.1 Å². The molecule has 0 radical (unpaired) electrons. The average molecular weight is 206 g/mol. The first-order valence-electron chi connectivity index (χ1n) is 5.57. The minimum atomic E-state index is 0.158. The molecule has 15 heavy (non-hydrogen) atoms. The van der Waals surface area contributed by atoms with Crippen LogP contribution < -0.4 is 4.74 Å². The summed E-state index contributed by atoms with van der Waals surface area (Å²) in [6.45, 7) is 2.20. The number of hydrogen-bond acceptors (Lipinski definition) is 2. The second-order valence-corrected chi connectivity index (χ2v) is 4.26. The molecule has 0 fully saturated rings. The predicted molar refractivity (Wildman–Crippen MR) is 60.5 cm³/mol. The van der Waals surface area contributed by atoms with Gasteiger partial charge in [0, 0.05) is 12.5 Å². The van der Waals surface area contributed by atoms with Crippen molar-refractivity contribution in [2.45, 2.75) is 32.1 Å². The number of methoxy groups -OCH3 is 1. The first-order chi connectivity index (χ1) is 7.27. The Morgan fingerprint density at radius 2 is 2.20 bits per heavy atom. The van der Waals surface area contributed by atoms with Crippen molar-refractivity contribution >= 4 is 0 Å². The fraction of sp³-hybridized carbons (Fsp3) is 0.538. The van der Waals surface area contributed by atoms with E-state index in [1.165, 1.54) is 24.0 Å². The van der Waals surface area contributed by atoms with Crippen LogP contribution in [0.3, 0.4) is 0 Å². The molecule has 0 saturated carbocycles. The van der Waals surface area contributed by atoms with Crippen LogP contribution in [0.2, 0.25) is 0 Å². The first-order valence-corrected chi connectivity index (χ1v) is 5.57. The number of ether oxygens (including phenoxy) is 1. The van der Waals surface area contributed by atoms with Crippen LogP contribution in [-0.4, -0.2) is 18.8 Å². The minimum Gasteiger partial charge on any atom is -0.496 e. The van der Waals surface area contributed by atoms with Crippen molar-refractivity contribution in [3.8, 4) is 5.75 Å². The predicted octanol–water partition coefficient (Wildman–Crippen LogP) is 2.28. The number of aliphatic hydroxyl groups is 1. The molecule has 1 aromatic rings. The molecule has 0 bridgehead atoms. The highest BCUT2D eigenvalue weighted by Crippen LogP contribution is 2.36. The Balaban J connectivity index is 2.48. The van der Waals surface area contributed by atoms with Crippen LogP contribution in [0.1, 0.15) is 36.0 Å². The second-order valence-electron chi connectivity index (χ2n) is 4.26. The smallest absolute Gasteiger partial charge is 0.125 e. The van der Waals surface area contributed by atoms with E-state index in [0.29, 0.717) is 0 Å². The third-order valence-corrected chi connectivity index (χ3v) is 3.27. The van der Waals surface area contributed by atoms with Gasteiger partial charge in [-0.05, 0) is 36.0 Å². The molecule has 2 rings (SSSR count). The molecule has 0 aromatic heterocycles. The molecule has 0 saturated heterocycles. The van der Waals surface area contributed by atoms with Gasteiger partial charge in [-0.15, -0.1) is 0 Å². The molecule has 1 atom stereocenters. The van der Waals surface area contributed by atoms with Gasteiger partial charge in [0.25, 0.3) is 0 Å². The molecule has 0 aliphatic heterocycles. The van der Waals surface area contributed by atoms with Gasteiger partial charge in [-0.25, -0.2) is 0 Å². The van der Waals surface area contributed by atoms with Gasteiger partial charge < -0.3 is 9.84 Å². The third kappa shape index (κ3) is 1.74. The van der Waals surface area contributed by atoms with Crippen LogP contribution >= 0.6 is 0 Å². The van der Waals surface area contributed by atoms with Crippen molar-refractivity contribution < 1.29 is 9.84 Å². The minimum absolute atomic E-state index is 0.158. The summed E-state index contributed by atoms with van der Waals surface area (Å²) >= 11 is 0. The van der Waals surface area contributed by atoms with Crippen LogP contribution in [0, 0.1) is 0 Å². The van der Waals surface area contributed by atoms with Crippen LogP contribution in [0.4, 0.5) is 0 Å². The van der Waals surface area contributed by atoms with Crippen LogP contribution in [0.15, 0.2) is 12.1 Å². The lowest BCUT2D eigenvalue weighted by atomic mass is 9.96. The van der Waals surface area contributed by atoms with Gasteiger partial charge in [-0.3, -0.25) is 0 Å². The molecule has 1 unspecified atom stereocenters. The monoisotopic (exact) mass is 206 g/mol. The normalized spacial score (nSPS) is 16.2. The molecule has 82 valence electrons. The van der Waals surface area contributed by atoms with Gasteiger partial charge in [-0.2, -0.15) is 0 Å². The molecule has 1 aliphatic rings. The number of benzene rings is 1. The van der Waals surface area contributed by atoms with Crippen molar-refractivity contribution in [1.82, 2.24) is 0 Å². The summed E-state index contributed by atoms with van der Waals surface area (Å²) in [6, 6.07) is 4.29. The summed E-state index contributed by atoms with van der Waals surface area (Å²) < 4.78 is 5.50. The fourth-order valence-corrected chi connectivity index (χ4v) is 2.38. The molecule has 0 spiro atoms. The number of aryl methyl sites for hydroxylation is 1. The topological polar surface area (TPSA) is 29.5 Å². The van der Waals surface area contributed by atoms with Crippen LogP contribution in [0.25, 0.3) is 0 Å². The lowest BCUT2D eigenvalue weighted by Gasteiger charge is -2.16. The van der Waals surface area contributed by atoms with E-state index < -0.39 is 0 Å². The van der Waals surface area contributed by atoms with Gasteiger partial charge in [0.2, 0.25) is 0 Å². The Kier molecular flexibility index (Phi) is 2.96. The summed E-state index contributed by atoms with van der Waals surface area (Å²) in [5, 5.41) is 9.20.